The van der Waals surface area contributed by atoms with E-state index >= 15 is 0 Å². The van der Waals surface area contributed by atoms with Gasteiger partial charge in [-0.1, -0.05) is 25.1 Å². The molecule has 0 N–H and O–H groups in total. The van der Waals surface area contributed by atoms with E-state index < -0.39 is 0 Å². The zero-order valence-corrected chi connectivity index (χ0v) is 12.3. The molecule has 0 radical (unpaired) electrons. The summed E-state index contributed by atoms with van der Waals surface area (Å²) < 4.78 is 1.95. The first-order valence-corrected chi connectivity index (χ1v) is 7.36. The highest BCUT2D eigenvalue weighted by Gasteiger charge is 2.54. The number of benzene rings is 1. The fraction of sp³-hybridized carbons (Fsp3) is 0.438. The van der Waals surface area contributed by atoms with Crippen molar-refractivity contribution in [2.45, 2.75) is 31.8 Å². The number of carbonyl (C=O) groups excluding carboxylic acids is 1. The fourth-order valence-electron chi connectivity index (χ4n) is 3.92. The van der Waals surface area contributed by atoms with Crippen molar-refractivity contribution in [2.24, 2.45) is 13.0 Å². The van der Waals surface area contributed by atoms with Crippen molar-refractivity contribution >= 4 is 5.91 Å². The number of nitrogens with zero attached hydrogens (tertiary/aromatic N) is 4. The Kier molecular flexibility index (Phi) is 2.49. The molecular weight excluding hydrogens is 264 g/mol. The van der Waals surface area contributed by atoms with Crippen LogP contribution in [-0.4, -0.2) is 25.6 Å². The lowest BCUT2D eigenvalue weighted by atomic mass is 9.67. The maximum atomic E-state index is 12.8. The number of hydrogen-bond acceptors (Lipinski definition) is 3. The molecule has 0 saturated heterocycles. The quantitative estimate of drug-likeness (QED) is 0.847. The van der Waals surface area contributed by atoms with Gasteiger partial charge in [0.2, 0.25) is 0 Å². The molecule has 0 spiro atoms. The van der Waals surface area contributed by atoms with Crippen LogP contribution in [0.2, 0.25) is 0 Å². The second kappa shape index (κ2) is 4.16. The molecule has 2 aromatic rings. The molecule has 5 heteroatoms. The van der Waals surface area contributed by atoms with Crippen LogP contribution in [0.4, 0.5) is 0 Å². The maximum Gasteiger partial charge on any atom is 0.255 e. The Morgan fingerprint density at radius 2 is 2.05 bits per heavy atom. The summed E-state index contributed by atoms with van der Waals surface area (Å²) in [6.45, 7) is 2.90. The van der Waals surface area contributed by atoms with Crippen molar-refractivity contribution in [1.82, 2.24) is 19.7 Å². The molecule has 5 nitrogen and oxygen atoms in total. The van der Waals surface area contributed by atoms with Crippen molar-refractivity contribution in [3.63, 3.8) is 0 Å². The van der Waals surface area contributed by atoms with Crippen molar-refractivity contribution in [1.29, 1.82) is 0 Å². The van der Waals surface area contributed by atoms with Gasteiger partial charge in [0, 0.05) is 19.2 Å². The third kappa shape index (κ3) is 1.60. The molecule has 1 saturated carbocycles. The average molecular weight is 282 g/mol. The molecule has 1 fully saturated rings. The highest BCUT2D eigenvalue weighted by atomic mass is 16.2. The Bertz CT molecular complexity index is 715. The molecule has 2 aliphatic rings. The molecule has 1 aromatic heterocycles. The van der Waals surface area contributed by atoms with Gasteiger partial charge >= 0.3 is 0 Å². The Hall–Kier alpha value is -2.17. The molecule has 0 atom stereocenters. The average Bonchev–Trinajstić information content (AvgIpc) is 3.01. The molecule has 21 heavy (non-hydrogen) atoms. The van der Waals surface area contributed by atoms with Crippen LogP contribution in [0.3, 0.4) is 0 Å². The van der Waals surface area contributed by atoms with Crippen molar-refractivity contribution in [2.75, 3.05) is 0 Å². The number of aryl methyl sites for hydroxylation is 1. The van der Waals surface area contributed by atoms with E-state index in [-0.39, 0.29) is 11.4 Å². The summed E-state index contributed by atoms with van der Waals surface area (Å²) in [7, 11) is 1.95. The van der Waals surface area contributed by atoms with E-state index in [1.807, 2.05) is 40.8 Å². The van der Waals surface area contributed by atoms with Crippen LogP contribution in [0.5, 0.6) is 0 Å². The molecule has 0 unspecified atom stereocenters. The number of amides is 1. The topological polar surface area (TPSA) is 51.0 Å². The number of carbonyl (C=O) groups is 1. The van der Waals surface area contributed by atoms with Crippen LogP contribution in [0.1, 0.15) is 41.5 Å². The van der Waals surface area contributed by atoms with Crippen LogP contribution in [-0.2, 0) is 19.1 Å². The smallest absolute Gasteiger partial charge is 0.255 e. The minimum absolute atomic E-state index is 0.125. The minimum Gasteiger partial charge on any atom is -0.321 e. The Labute approximate surface area is 123 Å². The van der Waals surface area contributed by atoms with Crippen molar-refractivity contribution < 1.29 is 4.79 Å². The van der Waals surface area contributed by atoms with E-state index in [4.69, 9.17) is 0 Å². The summed E-state index contributed by atoms with van der Waals surface area (Å²) in [5.41, 5.74) is 1.66. The van der Waals surface area contributed by atoms with Crippen LogP contribution >= 0.6 is 0 Å². The summed E-state index contributed by atoms with van der Waals surface area (Å²) in [6.07, 6.45) is 3.63. The van der Waals surface area contributed by atoms with Gasteiger partial charge in [-0.3, -0.25) is 4.79 Å². The van der Waals surface area contributed by atoms with Gasteiger partial charge in [-0.25, -0.2) is 0 Å². The summed E-state index contributed by atoms with van der Waals surface area (Å²) in [5.74, 6) is 1.64. The molecule has 4 rings (SSSR count). The predicted molar refractivity (Wildman–Crippen MR) is 77.4 cm³/mol. The largest absolute Gasteiger partial charge is 0.321 e. The highest BCUT2D eigenvalue weighted by Crippen LogP contribution is 2.51. The third-order valence-electron chi connectivity index (χ3n) is 4.84. The lowest BCUT2D eigenvalue weighted by Crippen LogP contribution is -2.55. The summed E-state index contributed by atoms with van der Waals surface area (Å²) in [5, 5.41) is 8.32. The van der Waals surface area contributed by atoms with Gasteiger partial charge in [-0.05, 0) is 30.4 Å². The molecule has 1 aromatic carbocycles. The summed E-state index contributed by atoms with van der Waals surface area (Å²) in [6, 6.07) is 7.89. The second-order valence-electron chi connectivity index (χ2n) is 6.36. The second-order valence-corrected chi connectivity index (χ2v) is 6.36. The lowest BCUT2D eigenvalue weighted by molar-refractivity contribution is -0.0196. The predicted octanol–water partition coefficient (Wildman–Crippen LogP) is 2.10. The number of hydrogen-bond donors (Lipinski definition) is 0. The molecular formula is C16H18N4O. The monoisotopic (exact) mass is 282 g/mol. The molecule has 1 aliphatic carbocycles. The van der Waals surface area contributed by atoms with Crippen molar-refractivity contribution in [3.05, 3.63) is 47.5 Å². The van der Waals surface area contributed by atoms with Crippen molar-refractivity contribution in [3.8, 4) is 0 Å². The van der Waals surface area contributed by atoms with Gasteiger partial charge in [-0.2, -0.15) is 0 Å². The molecule has 2 heterocycles. The van der Waals surface area contributed by atoms with Crippen LogP contribution in [0.15, 0.2) is 30.6 Å². The van der Waals surface area contributed by atoms with E-state index in [1.165, 1.54) is 0 Å². The van der Waals surface area contributed by atoms with E-state index in [2.05, 4.69) is 17.1 Å². The molecule has 1 aliphatic heterocycles. The summed E-state index contributed by atoms with van der Waals surface area (Å²) >= 11 is 0. The van der Waals surface area contributed by atoms with E-state index in [0.717, 1.165) is 29.8 Å². The van der Waals surface area contributed by atoms with Gasteiger partial charge in [0.05, 0.1) is 0 Å². The molecule has 1 amide bonds. The van der Waals surface area contributed by atoms with E-state index in [1.54, 1.807) is 6.33 Å². The first-order valence-electron chi connectivity index (χ1n) is 7.36. The van der Waals surface area contributed by atoms with E-state index in [9.17, 15) is 4.79 Å². The number of fused-ring (bicyclic) bond motifs is 1. The highest BCUT2D eigenvalue weighted by molar-refractivity contribution is 5.98. The minimum atomic E-state index is -0.291. The third-order valence-corrected chi connectivity index (χ3v) is 4.84. The van der Waals surface area contributed by atoms with Crippen LogP contribution < -0.4 is 0 Å². The standard InChI is InChI=1S/C16H18N4O/c1-11-7-16(8-11,15-18-17-10-19(15)2)20-9-12-5-3-4-6-13(12)14(20)21/h3-6,10-11H,7-9H2,1-2H3. The number of rotatable bonds is 2. The number of aromatic nitrogens is 3. The van der Waals surface area contributed by atoms with Gasteiger partial charge in [0.1, 0.15) is 11.9 Å². The van der Waals surface area contributed by atoms with Gasteiger partial charge in [0.15, 0.2) is 5.82 Å². The first kappa shape index (κ1) is 12.6. The Morgan fingerprint density at radius 3 is 2.67 bits per heavy atom. The Morgan fingerprint density at radius 1 is 1.29 bits per heavy atom. The fourth-order valence-corrected chi connectivity index (χ4v) is 3.92. The molecule has 108 valence electrons. The maximum absolute atomic E-state index is 12.8. The van der Waals surface area contributed by atoms with Crippen LogP contribution in [0, 0.1) is 5.92 Å². The Balaban J connectivity index is 1.78. The summed E-state index contributed by atoms with van der Waals surface area (Å²) in [4.78, 5) is 14.8. The SMILES string of the molecule is CC1CC(c2nncn2C)(N2Cc3ccccc3C2=O)C1. The van der Waals surface area contributed by atoms with E-state index in [0.29, 0.717) is 12.5 Å². The van der Waals surface area contributed by atoms with Gasteiger partial charge in [0.25, 0.3) is 5.91 Å². The van der Waals surface area contributed by atoms with Gasteiger partial charge < -0.3 is 9.47 Å². The zero-order valence-electron chi connectivity index (χ0n) is 12.3. The van der Waals surface area contributed by atoms with Crippen LogP contribution in [0.25, 0.3) is 0 Å². The normalized spacial score (nSPS) is 27.6. The van der Waals surface area contributed by atoms with Gasteiger partial charge in [-0.15, -0.1) is 10.2 Å². The molecule has 0 bridgehead atoms. The lowest BCUT2D eigenvalue weighted by Gasteiger charge is -2.51. The zero-order chi connectivity index (χ0) is 14.6. The first-order chi connectivity index (χ1) is 10.1.